The number of carbonyl (C=O) groups excluding carboxylic acids is 4. The molecule has 2 amide bonds. The van der Waals surface area contributed by atoms with Gasteiger partial charge in [-0.3, -0.25) is 4.79 Å². The molecule has 0 saturated heterocycles. The van der Waals surface area contributed by atoms with Gasteiger partial charge in [-0.25, -0.2) is 14.4 Å². The second kappa shape index (κ2) is 21.8. The highest BCUT2D eigenvalue weighted by Gasteiger charge is 2.33. The smallest absolute Gasteiger partial charge is 0.407 e. The summed E-state index contributed by atoms with van der Waals surface area (Å²) in [4.78, 5) is 50.6. The van der Waals surface area contributed by atoms with Gasteiger partial charge in [0.25, 0.3) is 0 Å². The maximum atomic E-state index is 13.1. The van der Waals surface area contributed by atoms with Gasteiger partial charge in [0, 0.05) is 25.8 Å². The molecule has 268 valence electrons. The van der Waals surface area contributed by atoms with Crippen LogP contribution in [0.15, 0.2) is 85.0 Å². The maximum Gasteiger partial charge on any atom is 0.407 e. The fraction of sp³-hybridized carbons (Fsp3) is 0.444. The second-order valence-corrected chi connectivity index (χ2v) is 11.7. The minimum atomic E-state index is -1.21. The molecule has 0 aliphatic rings. The van der Waals surface area contributed by atoms with Gasteiger partial charge in [0.2, 0.25) is 0 Å². The van der Waals surface area contributed by atoms with Crippen molar-refractivity contribution in [3.8, 4) is 11.5 Å². The van der Waals surface area contributed by atoms with E-state index in [1.165, 1.54) is 7.11 Å². The first kappa shape index (κ1) is 40.1. The number of carbonyl (C=O) groups is 4. The minimum absolute atomic E-state index is 0.00803. The van der Waals surface area contributed by atoms with Crippen LogP contribution in [0.1, 0.15) is 33.6 Å². The number of nitrogens with one attached hydrogen (secondary N) is 2. The molecule has 0 aliphatic carbocycles. The van der Waals surface area contributed by atoms with E-state index in [2.05, 4.69) is 23.8 Å². The molecule has 13 nitrogen and oxygen atoms in total. The third-order valence-electron chi connectivity index (χ3n) is 6.60. The molecule has 0 bridgehead atoms. The van der Waals surface area contributed by atoms with Crippen molar-refractivity contribution in [1.82, 2.24) is 10.6 Å². The first-order valence-electron chi connectivity index (χ1n) is 15.8. The number of para-hydroxylation sites is 2. The lowest BCUT2D eigenvalue weighted by Crippen LogP contribution is -2.38. The molecule has 13 heteroatoms. The van der Waals surface area contributed by atoms with Gasteiger partial charge in [0.05, 0.1) is 12.0 Å². The van der Waals surface area contributed by atoms with Crippen molar-refractivity contribution < 1.29 is 52.3 Å². The van der Waals surface area contributed by atoms with Gasteiger partial charge in [0.1, 0.15) is 37.9 Å². The number of rotatable bonds is 22. The van der Waals surface area contributed by atoms with Crippen LogP contribution in [0.4, 0.5) is 9.59 Å². The number of esters is 2. The normalized spacial score (nSPS) is 12.0. The van der Waals surface area contributed by atoms with Crippen molar-refractivity contribution in [2.75, 3.05) is 53.2 Å². The third-order valence-corrected chi connectivity index (χ3v) is 6.60. The minimum Gasteiger partial charge on any atom is -0.490 e. The zero-order chi connectivity index (χ0) is 36.1. The predicted molar refractivity (Wildman–Crippen MR) is 181 cm³/mol. The number of ether oxygens (including phenoxy) is 7. The fourth-order valence-electron chi connectivity index (χ4n) is 3.98. The van der Waals surface area contributed by atoms with Crippen LogP contribution in [-0.2, 0) is 33.3 Å². The van der Waals surface area contributed by atoms with E-state index >= 15 is 0 Å². The second-order valence-electron chi connectivity index (χ2n) is 11.7. The molecule has 2 rings (SSSR count). The lowest BCUT2D eigenvalue weighted by atomic mass is 9.86. The van der Waals surface area contributed by atoms with Gasteiger partial charge in [-0.05, 0) is 57.9 Å². The van der Waals surface area contributed by atoms with Gasteiger partial charge in [-0.1, -0.05) is 48.6 Å². The van der Waals surface area contributed by atoms with E-state index in [1.807, 2.05) is 19.1 Å². The van der Waals surface area contributed by atoms with Crippen molar-refractivity contribution in [2.24, 2.45) is 5.41 Å². The Balaban J connectivity index is 1.94. The van der Waals surface area contributed by atoms with Crippen LogP contribution in [0.2, 0.25) is 0 Å². The highest BCUT2D eigenvalue weighted by atomic mass is 16.6. The van der Waals surface area contributed by atoms with E-state index in [1.54, 1.807) is 62.4 Å². The number of amides is 2. The Morgan fingerprint density at radius 1 is 0.735 bits per heavy atom. The van der Waals surface area contributed by atoms with Crippen LogP contribution in [0.3, 0.4) is 0 Å². The van der Waals surface area contributed by atoms with Crippen LogP contribution in [0, 0.1) is 5.41 Å². The highest BCUT2D eigenvalue weighted by molar-refractivity contribution is 5.89. The Labute approximate surface area is 287 Å². The van der Waals surface area contributed by atoms with Gasteiger partial charge < -0.3 is 43.8 Å². The van der Waals surface area contributed by atoms with Crippen LogP contribution in [-0.4, -0.2) is 89.6 Å². The molecule has 0 aromatic heterocycles. The summed E-state index contributed by atoms with van der Waals surface area (Å²) in [6, 6.07) is 17.8. The molecule has 2 aromatic carbocycles. The molecule has 2 N–H and O–H groups in total. The largest absolute Gasteiger partial charge is 0.490 e. The summed E-state index contributed by atoms with van der Waals surface area (Å²) < 4.78 is 38.1. The summed E-state index contributed by atoms with van der Waals surface area (Å²) in [7, 11) is 1.50. The average Bonchev–Trinajstić information content (AvgIpc) is 3.07. The van der Waals surface area contributed by atoms with Crippen LogP contribution < -0.4 is 20.1 Å². The lowest BCUT2D eigenvalue weighted by molar-refractivity contribution is -0.157. The summed E-state index contributed by atoms with van der Waals surface area (Å²) in [5, 5.41) is 5.16. The molecule has 2 aromatic rings. The number of alkyl carbamates (subject to hydrolysis) is 2. The zero-order valence-corrected chi connectivity index (χ0v) is 28.7. The summed E-state index contributed by atoms with van der Waals surface area (Å²) in [6.45, 7) is 12.6. The number of methoxy groups -OCH3 is 1. The number of benzene rings is 2. The Bertz CT molecular complexity index is 1350. The molecule has 0 heterocycles. The maximum absolute atomic E-state index is 13.1. The van der Waals surface area contributed by atoms with Gasteiger partial charge in [0.15, 0.2) is 12.2 Å². The lowest BCUT2D eigenvalue weighted by Gasteiger charge is -2.25. The standard InChI is InChI=1S/C36H48N2O11/c1-26(2)17-18-37-34(41)49-31(23-45-29-15-11-8-12-16-29)25-47-33(40)36(4,5)21-27(3)32(39)46-24-30(48-35(42)38-19-20-43-6)22-44-28-13-9-7-10-14-28/h7-16,30-31H,1,3,17-25H2,2,4-6H3,(H,37,41)(H,38,42). The van der Waals surface area contributed by atoms with E-state index in [4.69, 9.17) is 33.2 Å². The van der Waals surface area contributed by atoms with Crippen molar-refractivity contribution in [1.29, 1.82) is 0 Å². The van der Waals surface area contributed by atoms with E-state index in [0.29, 0.717) is 24.5 Å². The van der Waals surface area contributed by atoms with Crippen LogP contribution in [0.5, 0.6) is 11.5 Å². The van der Waals surface area contributed by atoms with Crippen molar-refractivity contribution in [2.45, 2.75) is 45.8 Å². The monoisotopic (exact) mass is 684 g/mol. The molecule has 0 fully saturated rings. The predicted octanol–water partition coefficient (Wildman–Crippen LogP) is 5.01. The Morgan fingerprint density at radius 3 is 1.71 bits per heavy atom. The van der Waals surface area contributed by atoms with Gasteiger partial charge in [-0.2, -0.15) is 0 Å². The first-order valence-corrected chi connectivity index (χ1v) is 15.8. The zero-order valence-electron chi connectivity index (χ0n) is 28.7. The van der Waals surface area contributed by atoms with Gasteiger partial charge in [-0.15, -0.1) is 6.58 Å². The SMILES string of the molecule is C=C(C)CCNC(=O)OC(COC(=O)C(C)(C)CC(=C)C(=O)OCC(COc1ccccc1)OC(=O)NCCOC)COc1ccccc1. The van der Waals surface area contributed by atoms with E-state index < -0.39 is 41.7 Å². The quantitative estimate of drug-likeness (QED) is 0.0565. The Hall–Kier alpha value is -5.04. The number of hydrogen-bond donors (Lipinski definition) is 2. The summed E-state index contributed by atoms with van der Waals surface area (Å²) in [5.41, 5.74) is -0.318. The molecule has 0 spiro atoms. The summed E-state index contributed by atoms with van der Waals surface area (Å²) >= 11 is 0. The topological polar surface area (TPSA) is 157 Å². The molecular formula is C36H48N2O11. The third kappa shape index (κ3) is 17.1. The van der Waals surface area contributed by atoms with Gasteiger partial charge >= 0.3 is 24.1 Å². The van der Waals surface area contributed by atoms with E-state index in [0.717, 1.165) is 5.57 Å². The molecular weight excluding hydrogens is 636 g/mol. The Morgan fingerprint density at radius 2 is 1.22 bits per heavy atom. The molecule has 0 radical (unpaired) electrons. The molecule has 2 unspecified atom stereocenters. The van der Waals surface area contributed by atoms with Crippen molar-refractivity contribution in [3.05, 3.63) is 85.0 Å². The van der Waals surface area contributed by atoms with Crippen LogP contribution >= 0.6 is 0 Å². The molecule has 0 saturated carbocycles. The van der Waals surface area contributed by atoms with Crippen LogP contribution in [0.25, 0.3) is 0 Å². The molecule has 2 atom stereocenters. The van der Waals surface area contributed by atoms with E-state index in [9.17, 15) is 19.2 Å². The summed E-state index contributed by atoms with van der Waals surface area (Å²) in [5.74, 6) is -0.374. The van der Waals surface area contributed by atoms with Crippen molar-refractivity contribution >= 4 is 24.1 Å². The fourth-order valence-corrected chi connectivity index (χ4v) is 3.98. The molecule has 49 heavy (non-hydrogen) atoms. The highest BCUT2D eigenvalue weighted by Crippen LogP contribution is 2.27. The van der Waals surface area contributed by atoms with E-state index in [-0.39, 0.29) is 51.6 Å². The average molecular weight is 685 g/mol. The molecule has 0 aliphatic heterocycles. The summed E-state index contributed by atoms with van der Waals surface area (Å²) in [6.07, 6.45) is -2.85. The number of hydrogen-bond acceptors (Lipinski definition) is 11. The Kier molecular flexibility index (Phi) is 17.8. The first-order chi connectivity index (χ1) is 23.4. The van der Waals surface area contributed by atoms with Crippen molar-refractivity contribution in [3.63, 3.8) is 0 Å².